The zero-order valence-electron chi connectivity index (χ0n) is 22.2. The van der Waals surface area contributed by atoms with Crippen molar-refractivity contribution >= 4 is 47.7 Å². The maximum atomic E-state index is 11.8. The van der Waals surface area contributed by atoms with Crippen LogP contribution in [0.3, 0.4) is 0 Å². The van der Waals surface area contributed by atoms with Gasteiger partial charge in [-0.2, -0.15) is 0 Å². The first-order chi connectivity index (χ1) is 17.8. The maximum Gasteiger partial charge on any atom is 0.317 e. The molecule has 214 valence electrons. The van der Waals surface area contributed by atoms with Crippen LogP contribution in [0.2, 0.25) is 0 Å². The molecule has 0 aliphatic heterocycles. The van der Waals surface area contributed by atoms with Gasteiger partial charge in [0.2, 0.25) is 0 Å². The molecule has 2 aromatic carbocycles. The SMILES string of the molecule is CN(C)c1ccc([C@H]([C@@H](c2ccc(N(C)C)cc2)N(CC(=O)O)CC(=O)O)N(CC(=O)O)CC(=O)O)cc1.Cl. The van der Waals surface area contributed by atoms with Gasteiger partial charge in [0, 0.05) is 39.6 Å². The molecular weight excluding hydrogens is 532 g/mol. The van der Waals surface area contributed by atoms with Crippen molar-refractivity contribution in [3.8, 4) is 0 Å². The van der Waals surface area contributed by atoms with Gasteiger partial charge in [-0.05, 0) is 35.4 Å². The molecule has 13 heteroatoms. The molecule has 0 spiro atoms. The Morgan fingerprint density at radius 1 is 0.538 bits per heavy atom. The third kappa shape index (κ3) is 9.74. The average molecular weight is 567 g/mol. The smallest absolute Gasteiger partial charge is 0.317 e. The summed E-state index contributed by atoms with van der Waals surface area (Å²) in [5.74, 6) is -5.14. The Morgan fingerprint density at radius 2 is 0.769 bits per heavy atom. The highest BCUT2D eigenvalue weighted by atomic mass is 35.5. The Balaban J connectivity index is 0.00000760. The highest BCUT2D eigenvalue weighted by Gasteiger charge is 2.38. The van der Waals surface area contributed by atoms with Crippen molar-refractivity contribution in [1.29, 1.82) is 0 Å². The molecular formula is C26H35ClN4O8. The molecule has 0 saturated heterocycles. The van der Waals surface area contributed by atoms with Crippen LogP contribution in [0.1, 0.15) is 23.2 Å². The van der Waals surface area contributed by atoms with E-state index in [9.17, 15) is 39.6 Å². The second-order valence-electron chi connectivity index (χ2n) is 9.25. The van der Waals surface area contributed by atoms with E-state index in [4.69, 9.17) is 0 Å². The van der Waals surface area contributed by atoms with Gasteiger partial charge in [0.25, 0.3) is 0 Å². The predicted octanol–water partition coefficient (Wildman–Crippen LogP) is 1.97. The Morgan fingerprint density at radius 3 is 0.949 bits per heavy atom. The maximum absolute atomic E-state index is 11.8. The lowest BCUT2D eigenvalue weighted by atomic mass is 9.89. The van der Waals surface area contributed by atoms with Crippen molar-refractivity contribution in [2.75, 3.05) is 64.2 Å². The van der Waals surface area contributed by atoms with Crippen LogP contribution in [0, 0.1) is 0 Å². The largest absolute Gasteiger partial charge is 0.480 e. The molecule has 0 radical (unpaired) electrons. The Bertz CT molecular complexity index is 1000. The number of rotatable bonds is 15. The molecule has 0 saturated carbocycles. The van der Waals surface area contributed by atoms with E-state index in [0.29, 0.717) is 11.1 Å². The van der Waals surface area contributed by atoms with Gasteiger partial charge in [0.1, 0.15) is 0 Å². The summed E-state index contributed by atoms with van der Waals surface area (Å²) in [6.07, 6.45) is 0. The number of benzene rings is 2. The van der Waals surface area contributed by atoms with Gasteiger partial charge in [0.05, 0.1) is 38.3 Å². The fourth-order valence-electron chi connectivity index (χ4n) is 4.33. The van der Waals surface area contributed by atoms with Crippen LogP contribution >= 0.6 is 12.4 Å². The minimum atomic E-state index is -1.29. The van der Waals surface area contributed by atoms with Gasteiger partial charge in [-0.1, -0.05) is 24.3 Å². The summed E-state index contributed by atoms with van der Waals surface area (Å²) in [6.45, 7) is -2.70. The summed E-state index contributed by atoms with van der Waals surface area (Å²) in [6, 6.07) is 11.9. The van der Waals surface area contributed by atoms with E-state index in [-0.39, 0.29) is 12.4 Å². The van der Waals surface area contributed by atoms with Gasteiger partial charge in [-0.3, -0.25) is 29.0 Å². The minimum absolute atomic E-state index is 0. The topological polar surface area (TPSA) is 162 Å². The highest BCUT2D eigenvalue weighted by Crippen LogP contribution is 2.39. The first kappa shape index (κ1) is 33.2. The second kappa shape index (κ2) is 14.9. The van der Waals surface area contributed by atoms with Gasteiger partial charge >= 0.3 is 23.9 Å². The summed E-state index contributed by atoms with van der Waals surface area (Å²) < 4.78 is 0. The lowest BCUT2D eigenvalue weighted by molar-refractivity contribution is -0.148. The van der Waals surface area contributed by atoms with Crippen molar-refractivity contribution in [2.24, 2.45) is 0 Å². The minimum Gasteiger partial charge on any atom is -0.480 e. The number of hydrogen-bond acceptors (Lipinski definition) is 8. The van der Waals surface area contributed by atoms with Crippen molar-refractivity contribution in [3.05, 3.63) is 59.7 Å². The lowest BCUT2D eigenvalue weighted by Crippen LogP contribution is -2.47. The second-order valence-corrected chi connectivity index (χ2v) is 9.25. The van der Waals surface area contributed by atoms with E-state index in [1.807, 2.05) is 38.0 Å². The van der Waals surface area contributed by atoms with Crippen LogP contribution < -0.4 is 9.80 Å². The van der Waals surface area contributed by atoms with Crippen LogP contribution in [0.5, 0.6) is 0 Å². The van der Waals surface area contributed by atoms with E-state index >= 15 is 0 Å². The summed E-state index contributed by atoms with van der Waals surface area (Å²) in [5, 5.41) is 38.6. The molecule has 0 aliphatic carbocycles. The molecule has 0 bridgehead atoms. The van der Waals surface area contributed by atoms with Crippen LogP contribution in [-0.2, 0) is 19.2 Å². The van der Waals surface area contributed by atoms with Crippen molar-refractivity contribution in [1.82, 2.24) is 9.80 Å². The fraction of sp³-hybridized carbons (Fsp3) is 0.385. The molecule has 2 aromatic rings. The molecule has 0 amide bonds. The zero-order chi connectivity index (χ0) is 28.6. The molecule has 0 unspecified atom stereocenters. The van der Waals surface area contributed by atoms with E-state index < -0.39 is 62.1 Å². The fourth-order valence-corrected chi connectivity index (χ4v) is 4.33. The molecule has 0 fully saturated rings. The lowest BCUT2D eigenvalue weighted by Gasteiger charge is -2.41. The molecule has 4 N–H and O–H groups in total. The Kier molecular flexibility index (Phi) is 12.7. The standard InChI is InChI=1S/C26H34N4O8.ClH/c1-27(2)19-9-5-17(6-10-19)25(29(13-21(31)32)14-22(33)34)26(30(15-23(35)36)16-24(37)38)18-7-11-20(12-8-18)28(3)4;/h5-12,25-26H,13-16H2,1-4H3,(H,31,32)(H,33,34)(H,35,36)(H,37,38);1H/t25-,26-;/m1./s1. The molecule has 0 aromatic heterocycles. The van der Waals surface area contributed by atoms with Gasteiger partial charge in [-0.15, -0.1) is 12.4 Å². The van der Waals surface area contributed by atoms with Crippen molar-refractivity contribution in [3.63, 3.8) is 0 Å². The van der Waals surface area contributed by atoms with Crippen molar-refractivity contribution in [2.45, 2.75) is 12.1 Å². The number of nitrogens with zero attached hydrogens (tertiary/aromatic N) is 4. The normalized spacial score (nSPS) is 12.4. The number of hydrogen-bond donors (Lipinski definition) is 4. The quantitative estimate of drug-likeness (QED) is 0.248. The van der Waals surface area contributed by atoms with Crippen LogP contribution in [0.15, 0.2) is 48.5 Å². The third-order valence-electron chi connectivity index (χ3n) is 5.94. The van der Waals surface area contributed by atoms with Crippen LogP contribution in [-0.4, -0.2) is 108 Å². The van der Waals surface area contributed by atoms with Gasteiger partial charge in [0.15, 0.2) is 0 Å². The van der Waals surface area contributed by atoms with Gasteiger partial charge in [-0.25, -0.2) is 0 Å². The first-order valence-electron chi connectivity index (χ1n) is 11.7. The molecule has 12 nitrogen and oxygen atoms in total. The van der Waals surface area contributed by atoms with Crippen molar-refractivity contribution < 1.29 is 39.6 Å². The summed E-state index contributed by atoms with van der Waals surface area (Å²) in [4.78, 5) is 53.4. The predicted molar refractivity (Wildman–Crippen MR) is 148 cm³/mol. The number of carbonyl (C=O) groups is 4. The Hall–Kier alpha value is -3.87. The molecule has 2 rings (SSSR count). The summed E-state index contributed by atoms with van der Waals surface area (Å²) >= 11 is 0. The van der Waals surface area contributed by atoms with E-state index in [1.54, 1.807) is 48.5 Å². The number of carboxylic acids is 4. The average Bonchev–Trinajstić information content (AvgIpc) is 2.80. The first-order valence-corrected chi connectivity index (χ1v) is 11.7. The number of carboxylic acid groups (broad SMARTS) is 4. The number of anilines is 2. The molecule has 0 heterocycles. The molecule has 2 atom stereocenters. The van der Waals surface area contributed by atoms with E-state index in [2.05, 4.69) is 0 Å². The summed E-state index contributed by atoms with van der Waals surface area (Å²) in [5.41, 5.74) is 2.66. The molecule has 39 heavy (non-hydrogen) atoms. The van der Waals surface area contributed by atoms with E-state index in [1.165, 1.54) is 9.80 Å². The van der Waals surface area contributed by atoms with Crippen LogP contribution in [0.25, 0.3) is 0 Å². The highest BCUT2D eigenvalue weighted by molar-refractivity contribution is 5.85. The monoisotopic (exact) mass is 566 g/mol. The third-order valence-corrected chi connectivity index (χ3v) is 5.94. The van der Waals surface area contributed by atoms with Gasteiger partial charge < -0.3 is 30.2 Å². The summed E-state index contributed by atoms with van der Waals surface area (Å²) in [7, 11) is 7.35. The zero-order valence-corrected chi connectivity index (χ0v) is 23.0. The number of halogens is 1. The molecule has 0 aliphatic rings. The Labute approximate surface area is 233 Å². The number of aliphatic carboxylic acids is 4. The van der Waals surface area contributed by atoms with Crippen LogP contribution in [0.4, 0.5) is 11.4 Å². The van der Waals surface area contributed by atoms with E-state index in [0.717, 1.165) is 11.4 Å².